The number of para-hydroxylation sites is 2. The minimum Gasteiger partial charge on any atom is -0.365 e. The van der Waals surface area contributed by atoms with E-state index in [2.05, 4.69) is 20.6 Å². The Labute approximate surface area is 183 Å². The first-order valence-electron chi connectivity index (χ1n) is 10.5. The van der Waals surface area contributed by atoms with E-state index in [0.29, 0.717) is 11.3 Å². The number of aromatic amines is 2. The highest BCUT2D eigenvalue weighted by Gasteiger charge is 2.50. The van der Waals surface area contributed by atoms with Crippen molar-refractivity contribution in [3.8, 4) is 0 Å². The third-order valence-corrected chi connectivity index (χ3v) is 6.23. The summed E-state index contributed by atoms with van der Waals surface area (Å²) in [5, 5.41) is 8.31. The van der Waals surface area contributed by atoms with Gasteiger partial charge in [-0.05, 0) is 30.3 Å². The molecule has 1 aliphatic heterocycles. The standard InChI is InChI=1S/C26H20N4O2/c1-15(31)29-16-10-11-24-19(12-16)25(32)26(30-24,20-13-27-22-8-4-2-6-17(20)22)21-14-28-23-9-5-3-7-18(21)23/h2-14,27-28,30H,1H3,(H,29,31). The second-order valence-corrected chi connectivity index (χ2v) is 8.14. The van der Waals surface area contributed by atoms with Crippen molar-refractivity contribution in [3.05, 3.63) is 95.8 Å². The number of carbonyl (C=O) groups is 2. The monoisotopic (exact) mass is 420 g/mol. The predicted octanol–water partition coefficient (Wildman–Crippen LogP) is 5.16. The third-order valence-electron chi connectivity index (χ3n) is 6.23. The van der Waals surface area contributed by atoms with E-state index in [1.165, 1.54) is 6.92 Å². The van der Waals surface area contributed by atoms with E-state index in [0.717, 1.165) is 38.6 Å². The van der Waals surface area contributed by atoms with Crippen molar-refractivity contribution in [3.63, 3.8) is 0 Å². The van der Waals surface area contributed by atoms with Crippen LogP contribution in [0.2, 0.25) is 0 Å². The van der Waals surface area contributed by atoms with Gasteiger partial charge < -0.3 is 20.6 Å². The summed E-state index contributed by atoms with van der Waals surface area (Å²) >= 11 is 0. The number of hydrogen-bond donors (Lipinski definition) is 4. The molecule has 3 aromatic carbocycles. The molecule has 1 aliphatic rings. The Morgan fingerprint density at radius 1 is 0.844 bits per heavy atom. The highest BCUT2D eigenvalue weighted by molar-refractivity contribution is 6.19. The van der Waals surface area contributed by atoms with Crippen LogP contribution >= 0.6 is 0 Å². The molecule has 6 rings (SSSR count). The fraction of sp³-hybridized carbons (Fsp3) is 0.0769. The lowest BCUT2D eigenvalue weighted by atomic mass is 9.79. The van der Waals surface area contributed by atoms with Gasteiger partial charge in [0.05, 0.1) is 0 Å². The molecule has 6 heteroatoms. The van der Waals surface area contributed by atoms with Gasteiger partial charge in [0.25, 0.3) is 0 Å². The van der Waals surface area contributed by atoms with Crippen LogP contribution < -0.4 is 10.6 Å². The van der Waals surface area contributed by atoms with Gasteiger partial charge in [-0.15, -0.1) is 0 Å². The van der Waals surface area contributed by atoms with Crippen molar-refractivity contribution in [1.82, 2.24) is 9.97 Å². The molecule has 156 valence electrons. The summed E-state index contributed by atoms with van der Waals surface area (Å²) in [5.74, 6) is -0.239. The van der Waals surface area contributed by atoms with E-state index in [9.17, 15) is 9.59 Å². The number of fused-ring (bicyclic) bond motifs is 3. The molecule has 0 unspecified atom stereocenters. The topological polar surface area (TPSA) is 89.8 Å². The molecular weight excluding hydrogens is 400 g/mol. The molecule has 0 atom stereocenters. The number of amides is 1. The Hall–Kier alpha value is -4.32. The van der Waals surface area contributed by atoms with Crippen LogP contribution in [0.1, 0.15) is 28.4 Å². The molecule has 32 heavy (non-hydrogen) atoms. The Kier molecular flexibility index (Phi) is 3.80. The normalized spacial score (nSPS) is 14.5. The number of rotatable bonds is 3. The number of hydrogen-bond acceptors (Lipinski definition) is 3. The first-order chi connectivity index (χ1) is 15.6. The first-order valence-corrected chi connectivity index (χ1v) is 10.5. The van der Waals surface area contributed by atoms with E-state index >= 15 is 0 Å². The van der Waals surface area contributed by atoms with Crippen molar-refractivity contribution in [1.29, 1.82) is 0 Å². The van der Waals surface area contributed by atoms with Gasteiger partial charge in [0.1, 0.15) is 0 Å². The van der Waals surface area contributed by atoms with Crippen molar-refractivity contribution in [2.75, 3.05) is 10.6 Å². The van der Waals surface area contributed by atoms with Gasteiger partial charge in [-0.25, -0.2) is 0 Å². The maximum absolute atomic E-state index is 14.2. The van der Waals surface area contributed by atoms with Gasteiger partial charge >= 0.3 is 0 Å². The van der Waals surface area contributed by atoms with E-state index < -0.39 is 5.54 Å². The summed E-state index contributed by atoms with van der Waals surface area (Å²) in [6, 6.07) is 21.4. The molecule has 4 N–H and O–H groups in total. The molecule has 0 bridgehead atoms. The molecule has 3 heterocycles. The Bertz CT molecular complexity index is 1470. The SMILES string of the molecule is CC(=O)Nc1ccc2c(c1)C(=O)C(c1c[nH]c3ccccc13)(c1c[nH]c3ccccc13)N2. The number of anilines is 2. The number of benzene rings is 3. The zero-order chi connectivity index (χ0) is 21.9. The van der Waals surface area contributed by atoms with Gasteiger partial charge in [-0.3, -0.25) is 9.59 Å². The number of carbonyl (C=O) groups excluding carboxylic acids is 2. The molecule has 5 aromatic rings. The van der Waals surface area contributed by atoms with Crippen molar-refractivity contribution in [2.24, 2.45) is 0 Å². The van der Waals surface area contributed by atoms with E-state index in [4.69, 9.17) is 0 Å². The zero-order valence-electron chi connectivity index (χ0n) is 17.3. The van der Waals surface area contributed by atoms with E-state index in [-0.39, 0.29) is 11.7 Å². The summed E-state index contributed by atoms with van der Waals surface area (Å²) in [6.45, 7) is 1.45. The summed E-state index contributed by atoms with van der Waals surface area (Å²) in [7, 11) is 0. The number of H-pyrrole nitrogens is 2. The zero-order valence-corrected chi connectivity index (χ0v) is 17.3. The maximum atomic E-state index is 14.2. The maximum Gasteiger partial charge on any atom is 0.221 e. The number of aromatic nitrogens is 2. The molecule has 6 nitrogen and oxygen atoms in total. The fourth-order valence-corrected chi connectivity index (χ4v) is 4.87. The van der Waals surface area contributed by atoms with Crippen LogP contribution in [0.25, 0.3) is 21.8 Å². The highest BCUT2D eigenvalue weighted by Crippen LogP contribution is 2.48. The van der Waals surface area contributed by atoms with Crippen LogP contribution in [-0.4, -0.2) is 21.7 Å². The summed E-state index contributed by atoms with van der Waals surface area (Å²) < 4.78 is 0. The first kappa shape index (κ1) is 18.4. The number of nitrogens with one attached hydrogen (secondary N) is 4. The molecule has 2 aromatic heterocycles. The molecule has 0 spiro atoms. The molecule has 1 amide bonds. The third kappa shape index (κ3) is 2.46. The molecule has 0 fully saturated rings. The van der Waals surface area contributed by atoms with Gasteiger partial charge in [-0.1, -0.05) is 36.4 Å². The second-order valence-electron chi connectivity index (χ2n) is 8.14. The highest BCUT2D eigenvalue weighted by atomic mass is 16.1. The summed E-state index contributed by atoms with van der Waals surface area (Å²) in [5.41, 5.74) is 4.42. The van der Waals surface area contributed by atoms with Crippen molar-refractivity contribution >= 4 is 44.9 Å². The Morgan fingerprint density at radius 3 is 2.03 bits per heavy atom. The number of ketones is 1. The fourth-order valence-electron chi connectivity index (χ4n) is 4.87. The van der Waals surface area contributed by atoms with Gasteiger partial charge in [0.15, 0.2) is 11.3 Å². The second kappa shape index (κ2) is 6.59. The van der Waals surface area contributed by atoms with Gasteiger partial charge in [0, 0.05) is 69.2 Å². The minimum absolute atomic E-state index is 0.0609. The van der Waals surface area contributed by atoms with Crippen LogP contribution in [-0.2, 0) is 10.3 Å². The van der Waals surface area contributed by atoms with Crippen LogP contribution in [0.5, 0.6) is 0 Å². The van der Waals surface area contributed by atoms with Crippen LogP contribution in [0, 0.1) is 0 Å². The van der Waals surface area contributed by atoms with Crippen LogP contribution in [0.15, 0.2) is 79.1 Å². The Morgan fingerprint density at radius 2 is 1.44 bits per heavy atom. The van der Waals surface area contributed by atoms with E-state index in [1.807, 2.05) is 67.0 Å². The molecule has 0 saturated heterocycles. The average Bonchev–Trinajstić information content (AvgIpc) is 3.49. The number of Topliss-reactive ketones (excluding diaryl/α,β-unsaturated/α-hetero) is 1. The smallest absolute Gasteiger partial charge is 0.221 e. The predicted molar refractivity (Wildman–Crippen MR) is 126 cm³/mol. The molecule has 0 saturated carbocycles. The lowest BCUT2D eigenvalue weighted by Gasteiger charge is -2.28. The lowest BCUT2D eigenvalue weighted by molar-refractivity contribution is -0.114. The molecule has 0 radical (unpaired) electrons. The largest absolute Gasteiger partial charge is 0.365 e. The van der Waals surface area contributed by atoms with Crippen LogP contribution in [0.3, 0.4) is 0 Å². The molecular formula is C26H20N4O2. The van der Waals surface area contributed by atoms with E-state index in [1.54, 1.807) is 12.1 Å². The van der Waals surface area contributed by atoms with Crippen molar-refractivity contribution < 1.29 is 9.59 Å². The summed E-state index contributed by atoms with van der Waals surface area (Å²) in [6.07, 6.45) is 3.83. The average molecular weight is 420 g/mol. The Balaban J connectivity index is 1.64. The van der Waals surface area contributed by atoms with Crippen molar-refractivity contribution in [2.45, 2.75) is 12.5 Å². The van der Waals surface area contributed by atoms with Gasteiger partial charge in [0.2, 0.25) is 5.91 Å². The molecule has 0 aliphatic carbocycles. The quantitative estimate of drug-likeness (QED) is 0.325. The lowest BCUT2D eigenvalue weighted by Crippen LogP contribution is -2.39. The van der Waals surface area contributed by atoms with Crippen LogP contribution in [0.4, 0.5) is 11.4 Å². The minimum atomic E-state index is -1.11. The summed E-state index contributed by atoms with van der Waals surface area (Å²) in [4.78, 5) is 32.5. The van der Waals surface area contributed by atoms with Gasteiger partial charge in [-0.2, -0.15) is 0 Å².